The van der Waals surface area contributed by atoms with Crippen LogP contribution in [0.5, 0.6) is 0 Å². The molecule has 5 nitrogen and oxygen atoms in total. The third kappa shape index (κ3) is 2.66. The molecule has 0 bridgehead atoms. The van der Waals surface area contributed by atoms with Crippen molar-refractivity contribution in [1.82, 2.24) is 19.7 Å². The molecule has 0 aliphatic heterocycles. The van der Waals surface area contributed by atoms with E-state index in [0.717, 1.165) is 33.4 Å². The van der Waals surface area contributed by atoms with Crippen molar-refractivity contribution in [2.75, 3.05) is 13.6 Å². The molecule has 3 rings (SSSR count). The third-order valence-electron chi connectivity index (χ3n) is 4.42. The van der Waals surface area contributed by atoms with Gasteiger partial charge in [0.1, 0.15) is 0 Å². The largest absolute Gasteiger partial charge is 0.342 e. The lowest BCUT2D eigenvalue weighted by Gasteiger charge is -2.16. The number of aryl methyl sites for hydroxylation is 3. The van der Waals surface area contributed by atoms with E-state index in [1.165, 1.54) is 0 Å². The molecule has 0 atom stereocenters. The number of nitrogens with zero attached hydrogens (tertiary/aromatic N) is 4. The quantitative estimate of drug-likeness (QED) is 0.743. The highest BCUT2D eigenvalue weighted by Gasteiger charge is 2.20. The molecule has 3 aromatic rings. The number of rotatable bonds is 3. The molecule has 0 spiro atoms. The Labute approximate surface area is 141 Å². The van der Waals surface area contributed by atoms with Crippen molar-refractivity contribution in [3.05, 3.63) is 47.4 Å². The van der Waals surface area contributed by atoms with Gasteiger partial charge < -0.3 is 4.90 Å². The van der Waals surface area contributed by atoms with Gasteiger partial charge in [-0.15, -0.1) is 0 Å². The summed E-state index contributed by atoms with van der Waals surface area (Å²) in [6.45, 7) is 6.54. The molecule has 124 valence electrons. The van der Waals surface area contributed by atoms with Gasteiger partial charge in [-0.3, -0.25) is 14.5 Å². The minimum Gasteiger partial charge on any atom is -0.342 e. The van der Waals surface area contributed by atoms with Gasteiger partial charge >= 0.3 is 0 Å². The van der Waals surface area contributed by atoms with Crippen LogP contribution in [-0.2, 0) is 7.05 Å². The lowest BCUT2D eigenvalue weighted by atomic mass is 9.99. The average Bonchev–Trinajstić information content (AvgIpc) is 2.87. The molecule has 1 amide bonds. The van der Waals surface area contributed by atoms with E-state index in [-0.39, 0.29) is 5.91 Å². The fourth-order valence-corrected chi connectivity index (χ4v) is 2.91. The number of hydrogen-bond acceptors (Lipinski definition) is 3. The second-order valence-corrected chi connectivity index (χ2v) is 6.13. The van der Waals surface area contributed by atoms with Crippen LogP contribution in [0.3, 0.4) is 0 Å². The molecule has 0 N–H and O–H groups in total. The summed E-state index contributed by atoms with van der Waals surface area (Å²) in [6, 6.07) is 8.04. The van der Waals surface area contributed by atoms with Crippen molar-refractivity contribution in [3.63, 3.8) is 0 Å². The molecule has 2 heterocycles. The van der Waals surface area contributed by atoms with Crippen LogP contribution < -0.4 is 0 Å². The van der Waals surface area contributed by atoms with Gasteiger partial charge in [0.25, 0.3) is 5.91 Å². The van der Waals surface area contributed by atoms with Crippen LogP contribution in [0.15, 0.2) is 30.5 Å². The number of aromatic nitrogens is 3. The number of benzene rings is 1. The Morgan fingerprint density at radius 2 is 1.96 bits per heavy atom. The van der Waals surface area contributed by atoms with E-state index in [9.17, 15) is 4.79 Å². The van der Waals surface area contributed by atoms with Gasteiger partial charge in [0.05, 0.1) is 16.8 Å². The molecule has 0 saturated heterocycles. The Balaban J connectivity index is 2.28. The minimum absolute atomic E-state index is 0.0144. The molecule has 0 aliphatic rings. The van der Waals surface area contributed by atoms with E-state index < -0.39 is 0 Å². The first-order valence-corrected chi connectivity index (χ1v) is 8.08. The van der Waals surface area contributed by atoms with Crippen LogP contribution >= 0.6 is 0 Å². The summed E-state index contributed by atoms with van der Waals surface area (Å²) < 4.78 is 1.83. The topological polar surface area (TPSA) is 51.0 Å². The maximum absolute atomic E-state index is 12.9. The highest BCUT2D eigenvalue weighted by atomic mass is 16.2. The lowest BCUT2D eigenvalue weighted by molar-refractivity contribution is 0.0804. The van der Waals surface area contributed by atoms with E-state index in [0.29, 0.717) is 12.1 Å². The average molecular weight is 322 g/mol. The zero-order valence-corrected chi connectivity index (χ0v) is 14.8. The normalized spacial score (nSPS) is 11.0. The Kier molecular flexibility index (Phi) is 4.09. The van der Waals surface area contributed by atoms with Crippen molar-refractivity contribution < 1.29 is 4.79 Å². The van der Waals surface area contributed by atoms with Gasteiger partial charge in [-0.1, -0.05) is 6.07 Å². The zero-order valence-electron chi connectivity index (χ0n) is 14.8. The molecular formula is C19H22N4O. The van der Waals surface area contributed by atoms with E-state index in [4.69, 9.17) is 0 Å². The SMILES string of the molecule is CCN(C)C(=O)c1cc(-c2ccc(C)nc2)cc2c1c(C)nn2C. The lowest BCUT2D eigenvalue weighted by Crippen LogP contribution is -2.26. The molecule has 0 fully saturated rings. The summed E-state index contributed by atoms with van der Waals surface area (Å²) >= 11 is 0. The van der Waals surface area contributed by atoms with E-state index >= 15 is 0 Å². The van der Waals surface area contributed by atoms with Gasteiger partial charge in [0, 0.05) is 43.5 Å². The maximum Gasteiger partial charge on any atom is 0.254 e. The molecule has 2 aromatic heterocycles. The summed E-state index contributed by atoms with van der Waals surface area (Å²) in [5.74, 6) is 0.0144. The summed E-state index contributed by atoms with van der Waals surface area (Å²) in [5.41, 5.74) is 5.46. The van der Waals surface area contributed by atoms with Crippen LogP contribution in [0, 0.1) is 13.8 Å². The molecule has 0 aliphatic carbocycles. The van der Waals surface area contributed by atoms with Crippen LogP contribution in [0.1, 0.15) is 28.7 Å². The Hall–Kier alpha value is -2.69. The van der Waals surface area contributed by atoms with Crippen molar-refractivity contribution in [1.29, 1.82) is 0 Å². The second kappa shape index (κ2) is 6.07. The predicted octanol–water partition coefficient (Wildman–Crippen LogP) is 3.34. The first-order valence-electron chi connectivity index (χ1n) is 8.08. The number of carbonyl (C=O) groups is 1. The monoisotopic (exact) mass is 322 g/mol. The van der Waals surface area contributed by atoms with Crippen molar-refractivity contribution in [2.24, 2.45) is 7.05 Å². The minimum atomic E-state index is 0.0144. The van der Waals surface area contributed by atoms with Crippen LogP contribution in [0.2, 0.25) is 0 Å². The van der Waals surface area contributed by atoms with Crippen molar-refractivity contribution >= 4 is 16.8 Å². The first-order chi connectivity index (χ1) is 11.4. The van der Waals surface area contributed by atoms with E-state index in [1.54, 1.807) is 4.90 Å². The summed E-state index contributed by atoms with van der Waals surface area (Å²) in [4.78, 5) is 19.0. The van der Waals surface area contributed by atoms with Gasteiger partial charge in [0.2, 0.25) is 0 Å². The number of amides is 1. The number of pyridine rings is 1. The molecule has 0 unspecified atom stereocenters. The fourth-order valence-electron chi connectivity index (χ4n) is 2.91. The van der Waals surface area contributed by atoms with Crippen molar-refractivity contribution in [3.8, 4) is 11.1 Å². The highest BCUT2D eigenvalue weighted by Crippen LogP contribution is 2.30. The number of hydrogen-bond donors (Lipinski definition) is 0. The fraction of sp³-hybridized carbons (Fsp3) is 0.316. The first kappa shape index (κ1) is 16.2. The van der Waals surface area contributed by atoms with Crippen LogP contribution in [0.25, 0.3) is 22.0 Å². The smallest absolute Gasteiger partial charge is 0.254 e. The van der Waals surface area contributed by atoms with E-state index in [1.807, 2.05) is 63.9 Å². The molecule has 0 saturated carbocycles. The number of fused-ring (bicyclic) bond motifs is 1. The van der Waals surface area contributed by atoms with Gasteiger partial charge in [-0.25, -0.2) is 0 Å². The Morgan fingerprint density at radius 3 is 2.58 bits per heavy atom. The molecule has 5 heteroatoms. The van der Waals surface area contributed by atoms with Gasteiger partial charge in [-0.2, -0.15) is 5.10 Å². The molecule has 1 aromatic carbocycles. The summed E-state index contributed by atoms with van der Waals surface area (Å²) in [7, 11) is 3.73. The zero-order chi connectivity index (χ0) is 17.4. The Morgan fingerprint density at radius 1 is 1.21 bits per heavy atom. The molecule has 0 radical (unpaired) electrons. The van der Waals surface area contributed by atoms with Gasteiger partial charge in [-0.05, 0) is 44.5 Å². The standard InChI is InChI=1S/C19H22N4O/c1-6-22(4)19(24)16-9-15(14-8-7-12(2)20-11-14)10-17-18(16)13(3)21-23(17)5/h7-11H,6H2,1-5H3. The van der Waals surface area contributed by atoms with E-state index in [2.05, 4.69) is 16.1 Å². The highest BCUT2D eigenvalue weighted by molar-refractivity contribution is 6.08. The Bertz CT molecular complexity index is 909. The maximum atomic E-state index is 12.9. The van der Waals surface area contributed by atoms with Gasteiger partial charge in [0.15, 0.2) is 0 Å². The second-order valence-electron chi connectivity index (χ2n) is 6.13. The number of carbonyl (C=O) groups excluding carboxylic acids is 1. The van der Waals surface area contributed by atoms with Crippen LogP contribution in [-0.4, -0.2) is 39.2 Å². The molecule has 24 heavy (non-hydrogen) atoms. The predicted molar refractivity (Wildman–Crippen MR) is 96.1 cm³/mol. The summed E-state index contributed by atoms with van der Waals surface area (Å²) in [6.07, 6.45) is 1.84. The van der Waals surface area contributed by atoms with Crippen LogP contribution in [0.4, 0.5) is 0 Å². The van der Waals surface area contributed by atoms with Crippen molar-refractivity contribution in [2.45, 2.75) is 20.8 Å². The molecular weight excluding hydrogens is 300 g/mol. The summed E-state index contributed by atoms with van der Waals surface area (Å²) in [5, 5.41) is 5.42. The third-order valence-corrected chi connectivity index (χ3v) is 4.42.